The molecule has 1 heterocycles. The Labute approximate surface area is 183 Å². The van der Waals surface area contributed by atoms with Crippen LogP contribution in [0.3, 0.4) is 0 Å². The van der Waals surface area contributed by atoms with E-state index in [-0.39, 0.29) is 0 Å². The van der Waals surface area contributed by atoms with E-state index in [0.717, 1.165) is 29.2 Å². The van der Waals surface area contributed by atoms with E-state index in [4.69, 9.17) is 9.98 Å². The van der Waals surface area contributed by atoms with Crippen molar-refractivity contribution >= 4 is 27.9 Å². The smallest absolute Gasteiger partial charge is 0.0974 e. The van der Waals surface area contributed by atoms with Crippen molar-refractivity contribution in [3.8, 4) is 0 Å². The summed E-state index contributed by atoms with van der Waals surface area (Å²) in [7, 11) is 4.07. The second kappa shape index (κ2) is 7.84. The average molecular weight is 404 g/mol. The van der Waals surface area contributed by atoms with Gasteiger partial charge in [0.2, 0.25) is 0 Å². The van der Waals surface area contributed by atoms with Crippen molar-refractivity contribution in [2.75, 3.05) is 6.54 Å². The molecule has 0 saturated carbocycles. The number of hydrogen-bond donors (Lipinski definition) is 0. The molecule has 0 aliphatic heterocycles. The van der Waals surface area contributed by atoms with Crippen LogP contribution in [0.25, 0.3) is 10.8 Å². The summed E-state index contributed by atoms with van der Waals surface area (Å²) in [4.78, 5) is 10.3. The molecule has 0 unspecified atom stereocenters. The highest BCUT2D eigenvalue weighted by atomic mass is 14.9. The highest BCUT2D eigenvalue weighted by Crippen LogP contribution is 2.34. The fraction of sp³-hybridized carbons (Fsp3) is 0.143. The van der Waals surface area contributed by atoms with Crippen molar-refractivity contribution in [2.24, 2.45) is 9.98 Å². The van der Waals surface area contributed by atoms with Crippen LogP contribution in [0, 0.1) is 20.9 Å². The lowest BCUT2D eigenvalue weighted by Crippen LogP contribution is -2.30. The number of rotatable bonds is 4. The zero-order chi connectivity index (χ0) is 21.4. The Morgan fingerprint density at radius 1 is 0.774 bits per heavy atom. The first kappa shape index (κ1) is 19.3. The predicted molar refractivity (Wildman–Crippen MR) is 129 cm³/mol. The number of hydrogen-bond acceptors (Lipinski definition) is 2. The van der Waals surface area contributed by atoms with Crippen LogP contribution in [0.5, 0.6) is 0 Å². The summed E-state index contributed by atoms with van der Waals surface area (Å²) in [5, 5.41) is 2.48. The monoisotopic (exact) mass is 403 g/mol. The molecule has 3 heteroatoms. The van der Waals surface area contributed by atoms with E-state index >= 15 is 0 Å². The number of para-hydroxylation sites is 1. The Morgan fingerprint density at radius 3 is 2.16 bits per heavy atom. The Balaban J connectivity index is 1.63. The number of nitrogens with zero attached hydrogens (tertiary/aromatic N) is 3. The van der Waals surface area contributed by atoms with E-state index in [0.29, 0.717) is 6.54 Å². The van der Waals surface area contributed by atoms with Crippen LogP contribution >= 0.6 is 0 Å². The highest BCUT2D eigenvalue weighted by molar-refractivity contribution is 6.61. The summed E-state index contributed by atoms with van der Waals surface area (Å²) >= 11 is 0. The molecule has 0 amide bonds. The first-order valence-electron chi connectivity index (χ1n) is 10.7. The van der Waals surface area contributed by atoms with Gasteiger partial charge in [0.1, 0.15) is 0 Å². The number of aliphatic imine (C=N–C) groups is 2. The topological polar surface area (TPSA) is 28.6 Å². The van der Waals surface area contributed by atoms with Gasteiger partial charge in [-0.3, -0.25) is 4.99 Å². The summed E-state index contributed by atoms with van der Waals surface area (Å²) in [6.07, 6.45) is 2.80. The Morgan fingerprint density at radius 2 is 1.45 bits per heavy atom. The molecule has 5 rings (SSSR count). The average Bonchev–Trinajstić information content (AvgIpc) is 3.07. The molecule has 31 heavy (non-hydrogen) atoms. The molecule has 4 aromatic rings. The molecule has 0 atom stereocenters. The number of pyridine rings is 1. The van der Waals surface area contributed by atoms with Crippen molar-refractivity contribution in [3.05, 3.63) is 114 Å². The predicted octanol–water partition coefficient (Wildman–Crippen LogP) is 5.55. The summed E-state index contributed by atoms with van der Waals surface area (Å²) in [5.74, 6) is 0. The second-order valence-electron chi connectivity index (χ2n) is 8.05. The first-order valence-corrected chi connectivity index (χ1v) is 10.7. The second-order valence-corrected chi connectivity index (χ2v) is 8.05. The van der Waals surface area contributed by atoms with E-state index in [2.05, 4.69) is 81.6 Å². The molecule has 1 aliphatic rings. The van der Waals surface area contributed by atoms with Gasteiger partial charge in [-0.05, 0) is 30.4 Å². The fourth-order valence-corrected chi connectivity index (χ4v) is 4.38. The van der Waals surface area contributed by atoms with Gasteiger partial charge in [-0.25, -0.2) is 4.99 Å². The first-order chi connectivity index (χ1) is 15.1. The van der Waals surface area contributed by atoms with Crippen molar-refractivity contribution < 1.29 is 4.57 Å². The van der Waals surface area contributed by atoms with Gasteiger partial charge in [0.15, 0.2) is 0 Å². The van der Waals surface area contributed by atoms with Gasteiger partial charge in [-0.15, -0.1) is 0 Å². The molecule has 0 bridgehead atoms. The summed E-state index contributed by atoms with van der Waals surface area (Å²) < 4.78 is 1.91. The van der Waals surface area contributed by atoms with Gasteiger partial charge in [0, 0.05) is 36.5 Å². The van der Waals surface area contributed by atoms with Crippen LogP contribution in [-0.2, 0) is 6.42 Å². The number of aryl methyl sites for hydroxylation is 2. The van der Waals surface area contributed by atoms with E-state index in [1.807, 2.05) is 22.9 Å². The fourth-order valence-electron chi connectivity index (χ4n) is 4.38. The van der Waals surface area contributed by atoms with E-state index < -0.39 is 0 Å². The minimum atomic E-state index is 0.686. The van der Waals surface area contributed by atoms with Crippen LogP contribution in [0.1, 0.15) is 27.9 Å². The summed E-state index contributed by atoms with van der Waals surface area (Å²) in [6.45, 7) is 4.92. The molecule has 0 spiro atoms. The largest absolute Gasteiger partial charge is 0.337 e. The lowest BCUT2D eigenvalue weighted by Gasteiger charge is -2.09. The third-order valence-corrected chi connectivity index (χ3v) is 5.97. The minimum absolute atomic E-state index is 0.686. The number of aromatic nitrogens is 1. The quantitative estimate of drug-likeness (QED) is 0.316. The van der Waals surface area contributed by atoms with Gasteiger partial charge in [-0.1, -0.05) is 72.8 Å². The Kier molecular flexibility index (Phi) is 4.87. The minimum Gasteiger partial charge on any atom is -0.337 e. The molecule has 0 saturated heterocycles. The van der Waals surface area contributed by atoms with Crippen molar-refractivity contribution in [3.63, 3.8) is 0 Å². The Bertz CT molecular complexity index is 1340. The zero-order valence-electron chi connectivity index (χ0n) is 18.0. The molecular formula is C28H25N3. The van der Waals surface area contributed by atoms with Crippen molar-refractivity contribution in [2.45, 2.75) is 20.3 Å². The molecule has 0 N–H and O–H groups in total. The highest BCUT2D eigenvalue weighted by Gasteiger charge is 2.27. The zero-order valence-corrected chi connectivity index (χ0v) is 18.0. The van der Waals surface area contributed by atoms with E-state index in [1.54, 1.807) is 0 Å². The molecule has 1 aliphatic carbocycles. The van der Waals surface area contributed by atoms with Gasteiger partial charge < -0.3 is 4.57 Å². The summed E-state index contributed by atoms with van der Waals surface area (Å²) in [6, 6.07) is 25.3. The van der Waals surface area contributed by atoms with Crippen LogP contribution in [0.15, 0.2) is 89.0 Å². The Hall–Kier alpha value is -3.72. The molecule has 0 radical (unpaired) electrons. The van der Waals surface area contributed by atoms with Gasteiger partial charge in [0.25, 0.3) is 0 Å². The summed E-state index contributed by atoms with van der Waals surface area (Å²) in [5.41, 5.74) is 8.85. The molecule has 152 valence electrons. The maximum absolute atomic E-state index is 5.19. The molecular weight excluding hydrogens is 378 g/mol. The third kappa shape index (κ3) is 3.42. The maximum atomic E-state index is 5.19. The molecule has 0 fully saturated rings. The molecule has 3 nitrogen and oxygen atoms in total. The normalized spacial score (nSPS) is 15.3. The van der Waals surface area contributed by atoms with Crippen LogP contribution in [-0.4, -0.2) is 18.0 Å². The number of benzene rings is 3. The lowest BCUT2D eigenvalue weighted by molar-refractivity contribution is -0.620. The molecule has 1 aromatic heterocycles. The van der Waals surface area contributed by atoms with Gasteiger partial charge in [0.05, 0.1) is 29.0 Å². The lowest BCUT2D eigenvalue weighted by atomic mass is 10.1. The van der Waals surface area contributed by atoms with Gasteiger partial charge >= 0.3 is 0 Å². The van der Waals surface area contributed by atoms with Crippen LogP contribution in [0.2, 0.25) is 0 Å². The van der Waals surface area contributed by atoms with Crippen molar-refractivity contribution in [1.82, 2.24) is 0 Å². The standard InChI is InChI=1S/C28H25N3/c1-19-9-6-10-20(2)26(19)30-28-24-15-8-12-21-11-7-14-23(25(21)24)27(28)29-17-16-22-13-4-5-18-31(22)3/h4-15,18H,3,16-17H2,1-2H3. The third-order valence-electron chi connectivity index (χ3n) is 5.97. The van der Waals surface area contributed by atoms with Crippen molar-refractivity contribution in [1.29, 1.82) is 0 Å². The van der Waals surface area contributed by atoms with E-state index in [9.17, 15) is 0 Å². The van der Waals surface area contributed by atoms with Gasteiger partial charge in [-0.2, -0.15) is 0 Å². The SMILES string of the molecule is [CH2-][n+]1ccccc1CCN=C1C(=Nc2c(C)cccc2C)c2cccc3cccc1c23. The van der Waals surface area contributed by atoms with Crippen LogP contribution in [0.4, 0.5) is 5.69 Å². The maximum Gasteiger partial charge on any atom is 0.0974 e. The molecule has 3 aromatic carbocycles. The van der Waals surface area contributed by atoms with Crippen LogP contribution < -0.4 is 4.57 Å². The van der Waals surface area contributed by atoms with E-state index in [1.165, 1.54) is 33.0 Å².